The van der Waals surface area contributed by atoms with E-state index in [0.29, 0.717) is 17.5 Å². The summed E-state index contributed by atoms with van der Waals surface area (Å²) in [6.45, 7) is 7.05. The van der Waals surface area contributed by atoms with Crippen molar-refractivity contribution < 1.29 is 0 Å². The fraction of sp³-hybridized carbons (Fsp3) is 0.692. The molecule has 1 aromatic heterocycles. The van der Waals surface area contributed by atoms with E-state index in [4.69, 9.17) is 0 Å². The van der Waals surface area contributed by atoms with Crippen LogP contribution in [0.25, 0.3) is 0 Å². The van der Waals surface area contributed by atoms with Crippen molar-refractivity contribution in [2.24, 2.45) is 5.41 Å². The van der Waals surface area contributed by atoms with E-state index in [1.54, 1.807) is 0 Å². The Morgan fingerprint density at radius 2 is 2.33 bits per heavy atom. The van der Waals surface area contributed by atoms with E-state index in [9.17, 15) is 0 Å². The third kappa shape index (κ3) is 2.43. The maximum Gasteiger partial charge on any atom is 0.0388 e. The first-order chi connectivity index (χ1) is 7.09. The molecule has 0 saturated heterocycles. The summed E-state index contributed by atoms with van der Waals surface area (Å²) >= 11 is 1.85. The molecule has 0 aliphatic heterocycles. The number of hydrogen-bond acceptors (Lipinski definition) is 2. The second-order valence-corrected chi connectivity index (χ2v) is 6.32. The average Bonchev–Trinajstić information content (AvgIpc) is 2.76. The molecule has 15 heavy (non-hydrogen) atoms. The Morgan fingerprint density at radius 3 is 2.87 bits per heavy atom. The predicted octanol–water partition coefficient (Wildman–Crippen LogP) is 3.98. The third-order valence-corrected chi connectivity index (χ3v) is 4.73. The lowest BCUT2D eigenvalue weighted by Gasteiger charge is -2.30. The zero-order valence-electron chi connectivity index (χ0n) is 9.92. The third-order valence-electron chi connectivity index (χ3n) is 3.68. The Bertz CT molecular complexity index is 302. The van der Waals surface area contributed by atoms with Crippen LogP contribution >= 0.6 is 11.3 Å². The zero-order chi connectivity index (χ0) is 10.9. The lowest BCUT2D eigenvalue weighted by molar-refractivity contribution is 0.267. The van der Waals surface area contributed by atoms with Crippen LogP contribution in [0.2, 0.25) is 0 Å². The highest BCUT2D eigenvalue weighted by molar-refractivity contribution is 7.10. The topological polar surface area (TPSA) is 12.0 Å². The summed E-state index contributed by atoms with van der Waals surface area (Å²) in [6, 6.07) is 5.56. The molecule has 0 spiro atoms. The van der Waals surface area contributed by atoms with Crippen LogP contribution in [0.4, 0.5) is 0 Å². The molecule has 0 bridgehead atoms. The van der Waals surface area contributed by atoms with E-state index in [1.165, 1.54) is 24.1 Å². The summed E-state index contributed by atoms with van der Waals surface area (Å²) in [4.78, 5) is 1.46. The van der Waals surface area contributed by atoms with Crippen molar-refractivity contribution in [1.82, 2.24) is 5.32 Å². The van der Waals surface area contributed by atoms with Crippen molar-refractivity contribution in [3.05, 3.63) is 22.4 Å². The van der Waals surface area contributed by atoms with Gasteiger partial charge in [-0.15, -0.1) is 11.3 Å². The molecule has 1 N–H and O–H groups in total. The molecule has 2 rings (SSSR count). The van der Waals surface area contributed by atoms with Gasteiger partial charge >= 0.3 is 0 Å². The summed E-state index contributed by atoms with van der Waals surface area (Å²) in [5.41, 5.74) is 0.478. The highest BCUT2D eigenvalue weighted by atomic mass is 32.1. The van der Waals surface area contributed by atoms with Crippen molar-refractivity contribution in [1.29, 1.82) is 0 Å². The SMILES string of the molecule is C[C@H](NC1CCCC1(C)C)c1cccs1. The van der Waals surface area contributed by atoms with Crippen LogP contribution in [0.3, 0.4) is 0 Å². The fourth-order valence-corrected chi connectivity index (χ4v) is 3.30. The van der Waals surface area contributed by atoms with Gasteiger partial charge in [0.1, 0.15) is 0 Å². The highest BCUT2D eigenvalue weighted by Crippen LogP contribution is 2.38. The summed E-state index contributed by atoms with van der Waals surface area (Å²) < 4.78 is 0. The van der Waals surface area contributed by atoms with Crippen molar-refractivity contribution in [3.63, 3.8) is 0 Å². The van der Waals surface area contributed by atoms with Gasteiger partial charge < -0.3 is 5.32 Å². The van der Waals surface area contributed by atoms with Gasteiger partial charge in [0.05, 0.1) is 0 Å². The predicted molar refractivity (Wildman–Crippen MR) is 67.3 cm³/mol. The highest BCUT2D eigenvalue weighted by Gasteiger charge is 2.34. The minimum Gasteiger partial charge on any atom is -0.306 e. The normalized spacial score (nSPS) is 26.7. The van der Waals surface area contributed by atoms with Gasteiger partial charge in [-0.2, -0.15) is 0 Å². The van der Waals surface area contributed by atoms with Gasteiger partial charge in [0.25, 0.3) is 0 Å². The van der Waals surface area contributed by atoms with Crippen molar-refractivity contribution in [2.45, 2.75) is 52.1 Å². The van der Waals surface area contributed by atoms with Gasteiger partial charge in [-0.05, 0) is 36.6 Å². The molecule has 1 aliphatic carbocycles. The fourth-order valence-electron chi connectivity index (χ4n) is 2.56. The Hall–Kier alpha value is -0.340. The maximum atomic E-state index is 3.78. The molecule has 1 heterocycles. The Labute approximate surface area is 96.9 Å². The largest absolute Gasteiger partial charge is 0.306 e. The van der Waals surface area contributed by atoms with Gasteiger partial charge in [0, 0.05) is 17.0 Å². The van der Waals surface area contributed by atoms with Gasteiger partial charge in [0.15, 0.2) is 0 Å². The maximum absolute atomic E-state index is 3.78. The van der Waals surface area contributed by atoms with Gasteiger partial charge in [-0.1, -0.05) is 26.3 Å². The molecule has 1 fully saturated rings. The first-order valence-corrected chi connectivity index (χ1v) is 6.77. The van der Waals surface area contributed by atoms with E-state index in [1.807, 2.05) is 11.3 Å². The molecule has 0 radical (unpaired) electrons. The van der Waals surface area contributed by atoms with Crippen LogP contribution < -0.4 is 5.32 Å². The van der Waals surface area contributed by atoms with Crippen LogP contribution in [0.5, 0.6) is 0 Å². The minimum atomic E-state index is 0.478. The zero-order valence-corrected chi connectivity index (χ0v) is 10.7. The number of nitrogens with one attached hydrogen (secondary N) is 1. The van der Waals surface area contributed by atoms with Crippen molar-refractivity contribution >= 4 is 11.3 Å². The second-order valence-electron chi connectivity index (χ2n) is 5.34. The van der Waals surface area contributed by atoms with E-state index in [2.05, 4.69) is 43.6 Å². The molecular formula is C13H21NS. The van der Waals surface area contributed by atoms with E-state index >= 15 is 0 Å². The molecule has 0 amide bonds. The average molecular weight is 223 g/mol. The first-order valence-electron chi connectivity index (χ1n) is 5.89. The van der Waals surface area contributed by atoms with Crippen LogP contribution in [0.1, 0.15) is 51.0 Å². The number of rotatable bonds is 3. The molecule has 1 unspecified atom stereocenters. The van der Waals surface area contributed by atoms with E-state index < -0.39 is 0 Å². The Morgan fingerprint density at radius 1 is 1.53 bits per heavy atom. The summed E-state index contributed by atoms with van der Waals surface area (Å²) in [5.74, 6) is 0. The first kappa shape index (κ1) is 11.2. The monoisotopic (exact) mass is 223 g/mol. The van der Waals surface area contributed by atoms with Crippen LogP contribution in [-0.4, -0.2) is 6.04 Å². The molecule has 1 aromatic rings. The minimum absolute atomic E-state index is 0.478. The van der Waals surface area contributed by atoms with Crippen LogP contribution in [0.15, 0.2) is 17.5 Å². The molecule has 1 nitrogen and oxygen atoms in total. The summed E-state index contributed by atoms with van der Waals surface area (Å²) in [6.07, 6.45) is 4.08. The summed E-state index contributed by atoms with van der Waals surface area (Å²) in [5, 5.41) is 5.94. The standard InChI is InChI=1S/C13H21NS/c1-10(11-6-5-9-15-11)14-12-7-4-8-13(12,2)3/h5-6,9-10,12,14H,4,7-8H2,1-3H3/t10-,12?/m0/s1. The Balaban J connectivity index is 1.97. The molecule has 1 aliphatic rings. The molecule has 84 valence electrons. The smallest absolute Gasteiger partial charge is 0.0388 e. The lowest BCUT2D eigenvalue weighted by atomic mass is 9.87. The second kappa shape index (κ2) is 4.26. The molecule has 2 heteroatoms. The van der Waals surface area contributed by atoms with Gasteiger partial charge in [-0.3, -0.25) is 0 Å². The molecule has 0 aromatic carbocycles. The van der Waals surface area contributed by atoms with Crippen LogP contribution in [-0.2, 0) is 0 Å². The summed E-state index contributed by atoms with van der Waals surface area (Å²) in [7, 11) is 0. The quantitative estimate of drug-likeness (QED) is 0.817. The molecule has 2 atom stereocenters. The van der Waals surface area contributed by atoms with E-state index in [-0.39, 0.29) is 0 Å². The van der Waals surface area contributed by atoms with E-state index in [0.717, 1.165) is 0 Å². The van der Waals surface area contributed by atoms with Gasteiger partial charge in [0.2, 0.25) is 0 Å². The number of hydrogen-bond donors (Lipinski definition) is 1. The lowest BCUT2D eigenvalue weighted by Crippen LogP contribution is -2.38. The molecule has 1 saturated carbocycles. The Kier molecular flexibility index (Phi) is 3.17. The van der Waals surface area contributed by atoms with Crippen molar-refractivity contribution in [2.75, 3.05) is 0 Å². The molecular weight excluding hydrogens is 202 g/mol. The number of thiophene rings is 1. The van der Waals surface area contributed by atoms with Crippen molar-refractivity contribution in [3.8, 4) is 0 Å². The van der Waals surface area contributed by atoms with Gasteiger partial charge in [-0.25, -0.2) is 0 Å². The van der Waals surface area contributed by atoms with Crippen LogP contribution in [0, 0.1) is 5.41 Å².